The van der Waals surface area contributed by atoms with E-state index in [-0.39, 0.29) is 12.3 Å². The van der Waals surface area contributed by atoms with Gasteiger partial charge in [-0.1, -0.05) is 18.2 Å². The third-order valence-electron chi connectivity index (χ3n) is 4.30. The van der Waals surface area contributed by atoms with Gasteiger partial charge >= 0.3 is 13.2 Å². The molecule has 0 unspecified atom stereocenters. The number of carbonyl (C=O) groups excluding carboxylic acids is 1. The third-order valence-corrected chi connectivity index (χ3v) is 4.30. The van der Waals surface area contributed by atoms with Gasteiger partial charge < -0.3 is 14.4 Å². The number of anilines is 2. The van der Waals surface area contributed by atoms with Gasteiger partial charge in [0, 0.05) is 41.9 Å². The fourth-order valence-electron chi connectivity index (χ4n) is 2.94. The van der Waals surface area contributed by atoms with Gasteiger partial charge in [-0.05, 0) is 42.8 Å². The van der Waals surface area contributed by atoms with Crippen LogP contribution >= 0.6 is 0 Å². The minimum atomic E-state index is -3.23. The number of aromatic nitrogens is 1. The summed E-state index contributed by atoms with van der Waals surface area (Å²) in [5, 5.41) is 0. The van der Waals surface area contributed by atoms with Crippen molar-refractivity contribution >= 4 is 17.2 Å². The number of hydrogen-bond donors (Lipinski definition) is 0. The number of ketones is 1. The Kier molecular flexibility index (Phi) is 7.07. The van der Waals surface area contributed by atoms with Gasteiger partial charge in [0.1, 0.15) is 0 Å². The Morgan fingerprint density at radius 1 is 0.935 bits per heavy atom. The van der Waals surface area contributed by atoms with Crippen LogP contribution in [0.1, 0.15) is 22.8 Å². The molecule has 0 saturated heterocycles. The van der Waals surface area contributed by atoms with E-state index in [0.717, 1.165) is 11.6 Å². The van der Waals surface area contributed by atoms with Crippen LogP contribution in [-0.2, 0) is 6.54 Å². The molecule has 2 aromatic carbocycles. The number of hydrogen-bond acceptors (Lipinski definition) is 5. The van der Waals surface area contributed by atoms with Gasteiger partial charge in [-0.3, -0.25) is 9.78 Å². The lowest BCUT2D eigenvalue weighted by Crippen LogP contribution is -2.17. The van der Waals surface area contributed by atoms with E-state index >= 15 is 0 Å². The molecule has 0 aliphatic rings. The van der Waals surface area contributed by atoms with Crippen molar-refractivity contribution in [3.05, 3.63) is 78.1 Å². The van der Waals surface area contributed by atoms with Crippen LogP contribution in [0.5, 0.6) is 11.5 Å². The number of nitrogens with zero attached hydrogens (tertiary/aromatic N) is 2. The van der Waals surface area contributed by atoms with E-state index in [1.165, 1.54) is 19.1 Å². The Labute approximate surface area is 175 Å². The van der Waals surface area contributed by atoms with E-state index in [2.05, 4.69) is 14.5 Å². The van der Waals surface area contributed by atoms with Gasteiger partial charge in [-0.15, -0.1) is 0 Å². The summed E-state index contributed by atoms with van der Waals surface area (Å²) in [6.07, 6.45) is 3.24. The highest BCUT2D eigenvalue weighted by Gasteiger charge is 2.19. The van der Waals surface area contributed by atoms with Gasteiger partial charge in [0.2, 0.25) is 0 Å². The van der Waals surface area contributed by atoms with Crippen LogP contribution in [0.15, 0.2) is 67.0 Å². The van der Waals surface area contributed by atoms with Gasteiger partial charge in [0.25, 0.3) is 0 Å². The second kappa shape index (κ2) is 9.92. The molecule has 1 aromatic heterocycles. The molecule has 162 valence electrons. The van der Waals surface area contributed by atoms with Crippen molar-refractivity contribution in [1.29, 1.82) is 0 Å². The number of carbonyl (C=O) groups is 1. The fourth-order valence-corrected chi connectivity index (χ4v) is 2.94. The molecule has 0 amide bonds. The topological polar surface area (TPSA) is 51.7 Å². The molecule has 3 aromatic rings. The van der Waals surface area contributed by atoms with E-state index in [9.17, 15) is 22.4 Å². The lowest BCUT2D eigenvalue weighted by atomic mass is 10.1. The zero-order valence-electron chi connectivity index (χ0n) is 16.3. The molecular formula is C22H18F4N2O3. The predicted molar refractivity (Wildman–Crippen MR) is 106 cm³/mol. The third kappa shape index (κ3) is 5.94. The summed E-state index contributed by atoms with van der Waals surface area (Å²) in [6.45, 7) is -4.75. The van der Waals surface area contributed by atoms with Crippen molar-refractivity contribution in [1.82, 2.24) is 4.98 Å². The van der Waals surface area contributed by atoms with Crippen molar-refractivity contribution < 1.29 is 31.8 Å². The number of alkyl halides is 4. The molecule has 31 heavy (non-hydrogen) atoms. The molecule has 0 saturated carbocycles. The van der Waals surface area contributed by atoms with Crippen LogP contribution in [0.4, 0.5) is 28.9 Å². The highest BCUT2D eigenvalue weighted by atomic mass is 19.3. The Bertz CT molecular complexity index is 1030. The molecule has 0 radical (unpaired) electrons. The highest BCUT2D eigenvalue weighted by molar-refractivity contribution is 5.95. The second-order valence-electron chi connectivity index (χ2n) is 6.44. The van der Waals surface area contributed by atoms with E-state index in [1.807, 2.05) is 6.07 Å². The van der Waals surface area contributed by atoms with E-state index in [4.69, 9.17) is 0 Å². The van der Waals surface area contributed by atoms with Crippen LogP contribution in [0.25, 0.3) is 0 Å². The Morgan fingerprint density at radius 2 is 1.65 bits per heavy atom. The monoisotopic (exact) mass is 434 g/mol. The number of halogens is 4. The quantitative estimate of drug-likeness (QED) is 0.314. The second-order valence-corrected chi connectivity index (χ2v) is 6.44. The SMILES string of the molecule is CC(=O)c1cccc(N(Cc2cccnc2)c2ccc(OC(F)F)c(OC(F)F)c2)c1. The summed E-state index contributed by atoms with van der Waals surface area (Å²) in [5.41, 5.74) is 2.19. The van der Waals surface area contributed by atoms with Gasteiger partial charge in [-0.2, -0.15) is 17.6 Å². The molecular weight excluding hydrogens is 416 g/mol. The molecule has 1 heterocycles. The molecule has 0 fully saturated rings. The first kappa shape index (κ1) is 22.1. The molecule has 3 rings (SSSR count). The maximum atomic E-state index is 12.9. The van der Waals surface area contributed by atoms with Crippen molar-refractivity contribution in [2.45, 2.75) is 26.7 Å². The van der Waals surface area contributed by atoms with Crippen LogP contribution in [0.2, 0.25) is 0 Å². The molecule has 9 heteroatoms. The maximum Gasteiger partial charge on any atom is 0.387 e. The molecule has 0 spiro atoms. The molecule has 0 bridgehead atoms. The van der Waals surface area contributed by atoms with Crippen LogP contribution in [-0.4, -0.2) is 24.0 Å². The summed E-state index contributed by atoms with van der Waals surface area (Å²) in [4.78, 5) is 17.6. The molecule has 0 aliphatic carbocycles. The van der Waals surface area contributed by atoms with E-state index in [1.54, 1.807) is 47.6 Å². The normalized spacial score (nSPS) is 10.9. The zero-order chi connectivity index (χ0) is 22.4. The lowest BCUT2D eigenvalue weighted by Gasteiger charge is -2.26. The molecule has 0 aliphatic heterocycles. The zero-order valence-corrected chi connectivity index (χ0v) is 16.3. The first-order chi connectivity index (χ1) is 14.8. The van der Waals surface area contributed by atoms with Crippen LogP contribution < -0.4 is 14.4 Å². The summed E-state index contributed by atoms with van der Waals surface area (Å²) >= 11 is 0. The number of ether oxygens (including phenoxy) is 2. The molecule has 0 atom stereocenters. The van der Waals surface area contributed by atoms with Crippen LogP contribution in [0.3, 0.4) is 0 Å². The standard InChI is InChI=1S/C22H18F4N2O3/c1-14(29)16-5-2-6-17(10-16)28(13-15-4-3-9-27-12-15)18-7-8-19(30-21(23)24)20(11-18)31-22(25)26/h2-12,21-22H,13H2,1H3. The Morgan fingerprint density at radius 3 is 2.29 bits per heavy atom. The summed E-state index contributed by atoms with van der Waals surface area (Å²) in [7, 11) is 0. The first-order valence-corrected chi connectivity index (χ1v) is 9.14. The van der Waals surface area contributed by atoms with E-state index < -0.39 is 24.7 Å². The summed E-state index contributed by atoms with van der Waals surface area (Å²) in [6, 6.07) is 14.0. The van der Waals surface area contributed by atoms with Crippen molar-refractivity contribution in [2.75, 3.05) is 4.90 Å². The molecule has 0 N–H and O–H groups in total. The van der Waals surface area contributed by atoms with Crippen molar-refractivity contribution in [2.24, 2.45) is 0 Å². The average molecular weight is 434 g/mol. The molecule has 5 nitrogen and oxygen atoms in total. The first-order valence-electron chi connectivity index (χ1n) is 9.14. The van der Waals surface area contributed by atoms with Gasteiger partial charge in [-0.25, -0.2) is 0 Å². The largest absolute Gasteiger partial charge is 0.431 e. The minimum Gasteiger partial charge on any atom is -0.431 e. The predicted octanol–water partition coefficient (Wildman–Crippen LogP) is 5.83. The fraction of sp³-hybridized carbons (Fsp3) is 0.182. The van der Waals surface area contributed by atoms with Gasteiger partial charge in [0.05, 0.1) is 0 Å². The van der Waals surface area contributed by atoms with Crippen molar-refractivity contribution in [3.63, 3.8) is 0 Å². The van der Waals surface area contributed by atoms with Crippen molar-refractivity contribution in [3.8, 4) is 11.5 Å². The number of Topliss-reactive ketones (excluding diaryl/α,β-unsaturated/α-hetero) is 1. The highest BCUT2D eigenvalue weighted by Crippen LogP contribution is 2.37. The smallest absolute Gasteiger partial charge is 0.387 e. The Balaban J connectivity index is 2.08. The Hall–Kier alpha value is -3.62. The van der Waals surface area contributed by atoms with Crippen LogP contribution in [0, 0.1) is 0 Å². The minimum absolute atomic E-state index is 0.148. The summed E-state index contributed by atoms with van der Waals surface area (Å²) < 4.78 is 59.7. The van der Waals surface area contributed by atoms with Gasteiger partial charge in [0.15, 0.2) is 17.3 Å². The maximum absolute atomic E-state index is 12.9. The summed E-state index contributed by atoms with van der Waals surface area (Å²) in [5.74, 6) is -1.20. The lowest BCUT2D eigenvalue weighted by molar-refractivity contribution is -0.0692. The number of rotatable bonds is 9. The van der Waals surface area contributed by atoms with E-state index in [0.29, 0.717) is 16.9 Å². The number of pyridine rings is 1. The average Bonchev–Trinajstić information content (AvgIpc) is 2.73. The number of benzene rings is 2.